The molecule has 2 aliphatic rings. The molecule has 1 aromatic carbocycles. The van der Waals surface area contributed by atoms with Gasteiger partial charge >= 0.3 is 0 Å². The van der Waals surface area contributed by atoms with Crippen molar-refractivity contribution in [1.29, 1.82) is 0 Å². The maximum atomic E-state index is 13.2. The van der Waals surface area contributed by atoms with Crippen molar-refractivity contribution in [2.75, 3.05) is 36.1 Å². The quantitative estimate of drug-likeness (QED) is 0.432. The monoisotopic (exact) mass is 565 g/mol. The molecule has 0 atom stereocenters. The van der Waals surface area contributed by atoms with Gasteiger partial charge in [0.05, 0.1) is 12.3 Å². The first-order chi connectivity index (χ1) is 18.9. The van der Waals surface area contributed by atoms with Crippen LogP contribution < -0.4 is 15.4 Å². The Morgan fingerprint density at radius 1 is 1.15 bits per heavy atom. The van der Waals surface area contributed by atoms with Gasteiger partial charge in [0.1, 0.15) is 35.2 Å². The number of fused-ring (bicyclic) bond motifs is 2. The highest BCUT2D eigenvalue weighted by Gasteiger charge is 2.31. The summed E-state index contributed by atoms with van der Waals surface area (Å²) < 4.78 is 32.5. The van der Waals surface area contributed by atoms with Gasteiger partial charge in [-0.2, -0.15) is 0 Å². The molecule has 1 aliphatic heterocycles. The van der Waals surface area contributed by atoms with E-state index in [4.69, 9.17) is 15.5 Å². The van der Waals surface area contributed by atoms with E-state index in [0.29, 0.717) is 31.7 Å². The Hall–Kier alpha value is -3.24. The molecule has 3 N–H and O–H groups in total. The number of nitrogens with two attached hydrogens (primary N) is 1. The number of benzene rings is 1. The largest absolute Gasteiger partial charge is 0.491 e. The van der Waals surface area contributed by atoms with Crippen LogP contribution in [0.4, 0.5) is 11.6 Å². The highest BCUT2D eigenvalue weighted by Crippen LogP contribution is 2.39. The lowest BCUT2D eigenvalue weighted by Crippen LogP contribution is -2.31. The van der Waals surface area contributed by atoms with Crippen molar-refractivity contribution in [2.24, 2.45) is 10.8 Å². The Bertz CT molecular complexity index is 1520. The highest BCUT2D eigenvalue weighted by molar-refractivity contribution is 7.91. The van der Waals surface area contributed by atoms with Crippen LogP contribution in [-0.2, 0) is 29.2 Å². The summed E-state index contributed by atoms with van der Waals surface area (Å²) in [6.45, 7) is 10.00. The molecular formula is C30H39N5O4S. The third-order valence-electron chi connectivity index (χ3n) is 8.07. The molecule has 3 aromatic rings. The number of anilines is 2. The molecule has 9 nitrogen and oxygen atoms in total. The fraction of sp³-hybridized carbons (Fsp3) is 0.500. The molecule has 0 saturated heterocycles. The number of ether oxygens (including phenoxy) is 1. The second kappa shape index (κ2) is 10.6. The van der Waals surface area contributed by atoms with Crippen LogP contribution in [0.3, 0.4) is 0 Å². The van der Waals surface area contributed by atoms with Gasteiger partial charge < -0.3 is 20.5 Å². The lowest BCUT2D eigenvalue weighted by molar-refractivity contribution is 0.156. The molecule has 5 rings (SSSR count). The summed E-state index contributed by atoms with van der Waals surface area (Å²) in [7, 11) is -3.70. The molecule has 0 radical (unpaired) electrons. The zero-order chi connectivity index (χ0) is 28.7. The van der Waals surface area contributed by atoms with Crippen LogP contribution in [0.5, 0.6) is 5.75 Å². The molecule has 0 saturated carbocycles. The highest BCUT2D eigenvalue weighted by atomic mass is 32.2. The van der Waals surface area contributed by atoms with Gasteiger partial charge in [-0.15, -0.1) is 0 Å². The van der Waals surface area contributed by atoms with Gasteiger partial charge in [0.15, 0.2) is 9.84 Å². The van der Waals surface area contributed by atoms with E-state index in [1.54, 1.807) is 18.6 Å². The standard InChI is InChI=1S/C30H39N5O4S/c1-29(2)8-7-24-23(15-29)28(34-19-33-24)35-10-11-39-25-6-5-20(13-22(25)17-35)21-14-26(27(31)32-16-21)40(37,38)12-9-30(3,4)18-36/h5-6,13-14,16,19,36H,7-12,15,17-18H2,1-4H3,(H2,31,32). The number of aromatic nitrogens is 3. The maximum absolute atomic E-state index is 13.2. The van der Waals surface area contributed by atoms with E-state index in [1.165, 1.54) is 5.56 Å². The number of aliphatic hydroxyl groups is 1. The summed E-state index contributed by atoms with van der Waals surface area (Å²) in [5.74, 6) is 1.62. The van der Waals surface area contributed by atoms with Gasteiger partial charge in [-0.05, 0) is 60.3 Å². The van der Waals surface area contributed by atoms with Gasteiger partial charge in [0.25, 0.3) is 0 Å². The summed E-state index contributed by atoms with van der Waals surface area (Å²) in [5.41, 5.74) is 10.6. The Morgan fingerprint density at radius 2 is 1.95 bits per heavy atom. The van der Waals surface area contributed by atoms with Crippen molar-refractivity contribution >= 4 is 21.5 Å². The van der Waals surface area contributed by atoms with Crippen molar-refractivity contribution in [3.05, 3.63) is 53.6 Å². The van der Waals surface area contributed by atoms with Crippen LogP contribution in [0.2, 0.25) is 0 Å². The van der Waals surface area contributed by atoms with Crippen LogP contribution in [-0.4, -0.2) is 54.0 Å². The third-order valence-corrected chi connectivity index (χ3v) is 9.81. The van der Waals surface area contributed by atoms with E-state index in [9.17, 15) is 13.5 Å². The molecule has 2 aromatic heterocycles. The number of sulfone groups is 1. The van der Waals surface area contributed by atoms with Crippen LogP contribution in [0.1, 0.15) is 57.4 Å². The number of aliphatic hydroxyl groups excluding tert-OH is 1. The van der Waals surface area contributed by atoms with E-state index in [2.05, 4.69) is 28.7 Å². The minimum atomic E-state index is -3.70. The molecule has 10 heteroatoms. The Kier molecular flexibility index (Phi) is 7.52. The number of nitrogen functional groups attached to an aromatic ring is 1. The molecule has 0 amide bonds. The van der Waals surface area contributed by atoms with Gasteiger partial charge in [-0.25, -0.2) is 23.4 Å². The lowest BCUT2D eigenvalue weighted by atomic mass is 9.76. The van der Waals surface area contributed by atoms with Gasteiger partial charge in [0, 0.05) is 41.7 Å². The number of pyridine rings is 1. The average molecular weight is 566 g/mol. The number of aryl methyl sites for hydroxylation is 1. The summed E-state index contributed by atoms with van der Waals surface area (Å²) in [6.07, 6.45) is 6.58. The Labute approximate surface area is 236 Å². The van der Waals surface area contributed by atoms with Crippen LogP contribution >= 0.6 is 0 Å². The first kappa shape index (κ1) is 28.3. The number of rotatable bonds is 7. The fourth-order valence-electron chi connectivity index (χ4n) is 5.35. The topological polar surface area (TPSA) is 132 Å². The van der Waals surface area contributed by atoms with E-state index in [1.807, 2.05) is 32.0 Å². The smallest absolute Gasteiger partial charge is 0.182 e. The zero-order valence-electron chi connectivity index (χ0n) is 23.8. The molecule has 0 spiro atoms. The Morgan fingerprint density at radius 3 is 2.73 bits per heavy atom. The molecule has 0 bridgehead atoms. The molecular weight excluding hydrogens is 526 g/mol. The molecule has 1 aliphatic carbocycles. The van der Waals surface area contributed by atoms with E-state index < -0.39 is 15.3 Å². The second-order valence-electron chi connectivity index (χ2n) is 12.6. The lowest BCUT2D eigenvalue weighted by Gasteiger charge is -2.33. The van der Waals surface area contributed by atoms with Gasteiger partial charge in [-0.1, -0.05) is 33.8 Å². The molecule has 40 heavy (non-hydrogen) atoms. The van der Waals surface area contributed by atoms with Crippen LogP contribution in [0.15, 0.2) is 41.7 Å². The summed E-state index contributed by atoms with van der Waals surface area (Å²) in [5, 5.41) is 9.55. The van der Waals surface area contributed by atoms with Gasteiger partial charge in [0.2, 0.25) is 0 Å². The predicted molar refractivity (Wildman–Crippen MR) is 156 cm³/mol. The summed E-state index contributed by atoms with van der Waals surface area (Å²) in [6, 6.07) is 7.48. The van der Waals surface area contributed by atoms with Crippen LogP contribution in [0.25, 0.3) is 11.1 Å². The van der Waals surface area contributed by atoms with Crippen molar-refractivity contribution < 1.29 is 18.3 Å². The molecule has 0 fully saturated rings. The number of hydrogen-bond acceptors (Lipinski definition) is 9. The minimum absolute atomic E-state index is 0.0155. The number of hydrogen-bond donors (Lipinski definition) is 2. The first-order valence-electron chi connectivity index (χ1n) is 13.8. The molecule has 0 unspecified atom stereocenters. The minimum Gasteiger partial charge on any atom is -0.491 e. The van der Waals surface area contributed by atoms with Crippen molar-refractivity contribution in [2.45, 2.75) is 64.8 Å². The average Bonchev–Trinajstić information content (AvgIpc) is 3.13. The predicted octanol–water partition coefficient (Wildman–Crippen LogP) is 4.22. The van der Waals surface area contributed by atoms with E-state index in [-0.39, 0.29) is 28.5 Å². The molecule has 3 heterocycles. The summed E-state index contributed by atoms with van der Waals surface area (Å²) in [4.78, 5) is 15.8. The third kappa shape index (κ3) is 5.93. The van der Waals surface area contributed by atoms with Crippen molar-refractivity contribution in [1.82, 2.24) is 15.0 Å². The Balaban J connectivity index is 1.45. The van der Waals surface area contributed by atoms with E-state index >= 15 is 0 Å². The summed E-state index contributed by atoms with van der Waals surface area (Å²) >= 11 is 0. The van der Waals surface area contributed by atoms with Gasteiger partial charge in [-0.3, -0.25) is 0 Å². The SMILES string of the molecule is CC(C)(CO)CCS(=O)(=O)c1cc(-c2ccc3c(c2)CN(c2ncnc4c2CC(C)(C)CC4)CCO3)cnc1N. The second-order valence-corrected chi connectivity index (χ2v) is 14.6. The fourth-order valence-corrected chi connectivity index (χ4v) is 7.07. The van der Waals surface area contributed by atoms with Crippen LogP contribution in [0, 0.1) is 10.8 Å². The van der Waals surface area contributed by atoms with E-state index in [0.717, 1.165) is 47.7 Å². The normalized spacial score (nSPS) is 17.0. The van der Waals surface area contributed by atoms with Crippen molar-refractivity contribution in [3.63, 3.8) is 0 Å². The number of nitrogens with zero attached hydrogens (tertiary/aromatic N) is 4. The van der Waals surface area contributed by atoms with Crippen molar-refractivity contribution in [3.8, 4) is 16.9 Å². The first-order valence-corrected chi connectivity index (χ1v) is 15.5. The zero-order valence-corrected chi connectivity index (χ0v) is 24.6. The maximum Gasteiger partial charge on any atom is 0.182 e. The molecule has 214 valence electrons.